The minimum atomic E-state index is -0.157. The van der Waals surface area contributed by atoms with Crippen LogP contribution in [-0.2, 0) is 0 Å². The summed E-state index contributed by atoms with van der Waals surface area (Å²) in [5.74, 6) is -0.157. The molecule has 13 heavy (non-hydrogen) atoms. The van der Waals surface area contributed by atoms with E-state index in [1.165, 1.54) is 6.08 Å². The number of rotatable bonds is 2. The Morgan fingerprint density at radius 1 is 1.15 bits per heavy atom. The summed E-state index contributed by atoms with van der Waals surface area (Å²) in [5.41, 5.74) is 1.52. The van der Waals surface area contributed by atoms with Crippen molar-refractivity contribution in [3.05, 3.63) is 35.7 Å². The molecule has 0 radical (unpaired) electrons. The number of allylic oxidation sites excluding steroid dienone is 5. The molecule has 0 N–H and O–H groups in total. The fraction of sp³-hybridized carbons (Fsp3) is 0.500. The summed E-state index contributed by atoms with van der Waals surface area (Å²) in [6, 6.07) is 0. The van der Waals surface area contributed by atoms with Gasteiger partial charge in [0, 0.05) is 0 Å². The molecule has 0 fully saturated rings. The van der Waals surface area contributed by atoms with Crippen LogP contribution in [0.1, 0.15) is 34.6 Å². The predicted molar refractivity (Wildman–Crippen MR) is 57.2 cm³/mol. The monoisotopic (exact) mass is 182 g/mol. The summed E-state index contributed by atoms with van der Waals surface area (Å²) < 4.78 is 13.4. The van der Waals surface area contributed by atoms with Crippen LogP contribution in [0.5, 0.6) is 0 Å². The van der Waals surface area contributed by atoms with E-state index in [1.54, 1.807) is 6.08 Å². The highest BCUT2D eigenvalue weighted by molar-refractivity contribution is 5.26. The molecule has 1 heteroatoms. The molecular weight excluding hydrogens is 163 g/mol. The Bertz CT molecular complexity index is 249. The first-order chi connectivity index (χ1) is 5.75. The highest BCUT2D eigenvalue weighted by Crippen LogP contribution is 2.28. The highest BCUT2D eigenvalue weighted by atomic mass is 19.1. The average molecular weight is 182 g/mol. The molecule has 0 bridgehead atoms. The molecule has 0 aliphatic rings. The third-order valence-corrected chi connectivity index (χ3v) is 2.00. The zero-order valence-corrected chi connectivity index (χ0v) is 9.24. The molecule has 0 aliphatic heterocycles. The maximum Gasteiger partial charge on any atom is 0.122 e. The Morgan fingerprint density at radius 2 is 1.62 bits per heavy atom. The zero-order valence-electron chi connectivity index (χ0n) is 9.24. The molecule has 0 saturated heterocycles. The van der Waals surface area contributed by atoms with Gasteiger partial charge in [-0.1, -0.05) is 39.0 Å². The van der Waals surface area contributed by atoms with Crippen LogP contribution in [0.4, 0.5) is 4.39 Å². The lowest BCUT2D eigenvalue weighted by Gasteiger charge is -2.19. The van der Waals surface area contributed by atoms with E-state index in [2.05, 4.69) is 6.58 Å². The molecule has 0 amide bonds. The van der Waals surface area contributed by atoms with Gasteiger partial charge in [-0.15, -0.1) is 0 Å². The molecule has 0 nitrogen and oxygen atoms in total. The summed E-state index contributed by atoms with van der Waals surface area (Å²) in [6.45, 7) is 13.3. The van der Waals surface area contributed by atoms with Crippen LogP contribution in [0.2, 0.25) is 0 Å². The molecule has 0 aromatic carbocycles. The van der Waals surface area contributed by atoms with Crippen molar-refractivity contribution >= 4 is 0 Å². The maximum absolute atomic E-state index is 13.4. The topological polar surface area (TPSA) is 0 Å². The largest absolute Gasteiger partial charge is 0.207 e. The van der Waals surface area contributed by atoms with Gasteiger partial charge < -0.3 is 0 Å². The Labute approximate surface area is 80.9 Å². The van der Waals surface area contributed by atoms with Crippen LogP contribution < -0.4 is 0 Å². The Kier molecular flexibility index (Phi) is 4.12. The lowest BCUT2D eigenvalue weighted by atomic mass is 9.87. The maximum atomic E-state index is 13.4. The minimum absolute atomic E-state index is 0.108. The highest BCUT2D eigenvalue weighted by Gasteiger charge is 2.15. The smallest absolute Gasteiger partial charge is 0.122 e. The van der Waals surface area contributed by atoms with Crippen molar-refractivity contribution in [1.82, 2.24) is 0 Å². The standard InChI is InChI=1S/C12H19F/c1-9(2)7-8-11(13)10(3)12(4,5)6/h7-8H,1H2,2-6H3/b8-7-,11-10-. The Hall–Kier alpha value is -0.850. The van der Waals surface area contributed by atoms with Gasteiger partial charge in [0.25, 0.3) is 0 Å². The lowest BCUT2D eigenvalue weighted by molar-refractivity contribution is 0.477. The average Bonchev–Trinajstić information content (AvgIpc) is 1.96. The van der Waals surface area contributed by atoms with Crippen LogP contribution in [0, 0.1) is 5.41 Å². The predicted octanol–water partition coefficient (Wildman–Crippen LogP) is 4.41. The molecule has 0 aliphatic carbocycles. The number of halogens is 1. The second-order valence-corrected chi connectivity index (χ2v) is 4.40. The van der Waals surface area contributed by atoms with Gasteiger partial charge in [0.1, 0.15) is 5.83 Å². The lowest BCUT2D eigenvalue weighted by Crippen LogP contribution is -2.07. The van der Waals surface area contributed by atoms with E-state index < -0.39 is 0 Å². The van der Waals surface area contributed by atoms with Gasteiger partial charge in [0.15, 0.2) is 0 Å². The van der Waals surface area contributed by atoms with Crippen molar-refractivity contribution in [2.45, 2.75) is 34.6 Å². The molecular formula is C12H19F. The van der Waals surface area contributed by atoms with Gasteiger partial charge in [-0.3, -0.25) is 0 Å². The van der Waals surface area contributed by atoms with Crippen LogP contribution in [0.3, 0.4) is 0 Å². The van der Waals surface area contributed by atoms with Gasteiger partial charge in [-0.2, -0.15) is 0 Å². The first-order valence-corrected chi connectivity index (χ1v) is 4.45. The van der Waals surface area contributed by atoms with Crippen molar-refractivity contribution in [2.24, 2.45) is 5.41 Å². The summed E-state index contributed by atoms with van der Waals surface area (Å²) in [4.78, 5) is 0. The second kappa shape index (κ2) is 4.40. The third kappa shape index (κ3) is 4.66. The van der Waals surface area contributed by atoms with Gasteiger partial charge in [0.05, 0.1) is 0 Å². The molecule has 0 saturated carbocycles. The summed E-state index contributed by atoms with van der Waals surface area (Å²) in [6.07, 6.45) is 3.16. The summed E-state index contributed by atoms with van der Waals surface area (Å²) in [7, 11) is 0. The molecule has 0 aromatic heterocycles. The van der Waals surface area contributed by atoms with Crippen molar-refractivity contribution in [2.75, 3.05) is 0 Å². The molecule has 0 unspecified atom stereocenters. The van der Waals surface area contributed by atoms with Crippen molar-refractivity contribution < 1.29 is 4.39 Å². The SMILES string of the molecule is C=C(C)/C=C\C(F)=C(/C)C(C)(C)C. The van der Waals surface area contributed by atoms with Gasteiger partial charge in [-0.25, -0.2) is 4.39 Å². The van der Waals surface area contributed by atoms with Gasteiger partial charge in [0.2, 0.25) is 0 Å². The van der Waals surface area contributed by atoms with Crippen LogP contribution >= 0.6 is 0 Å². The molecule has 74 valence electrons. The van der Waals surface area contributed by atoms with Crippen molar-refractivity contribution in [3.63, 3.8) is 0 Å². The number of hydrogen-bond donors (Lipinski definition) is 0. The van der Waals surface area contributed by atoms with Crippen LogP contribution in [-0.4, -0.2) is 0 Å². The zero-order chi connectivity index (χ0) is 10.6. The minimum Gasteiger partial charge on any atom is -0.207 e. The second-order valence-electron chi connectivity index (χ2n) is 4.40. The fourth-order valence-corrected chi connectivity index (χ4v) is 0.699. The van der Waals surface area contributed by atoms with E-state index in [9.17, 15) is 4.39 Å². The Balaban J connectivity index is 4.74. The molecule has 0 spiro atoms. The molecule has 0 aromatic rings. The van der Waals surface area contributed by atoms with Crippen LogP contribution in [0.15, 0.2) is 35.7 Å². The molecule has 0 heterocycles. The van der Waals surface area contributed by atoms with E-state index >= 15 is 0 Å². The molecule has 0 atom stereocenters. The van der Waals surface area contributed by atoms with E-state index in [-0.39, 0.29) is 11.2 Å². The first-order valence-electron chi connectivity index (χ1n) is 4.45. The fourth-order valence-electron chi connectivity index (χ4n) is 0.699. The van der Waals surface area contributed by atoms with E-state index in [0.717, 1.165) is 11.1 Å². The first kappa shape index (κ1) is 12.2. The normalized spacial score (nSPS) is 14.6. The van der Waals surface area contributed by atoms with E-state index in [1.807, 2.05) is 34.6 Å². The Morgan fingerprint density at radius 3 is 1.92 bits per heavy atom. The van der Waals surface area contributed by atoms with Gasteiger partial charge in [-0.05, 0) is 30.9 Å². The number of hydrogen-bond acceptors (Lipinski definition) is 0. The third-order valence-electron chi connectivity index (χ3n) is 2.00. The molecule has 0 rings (SSSR count). The van der Waals surface area contributed by atoms with Crippen molar-refractivity contribution in [1.29, 1.82) is 0 Å². The summed E-state index contributed by atoms with van der Waals surface area (Å²) >= 11 is 0. The van der Waals surface area contributed by atoms with Gasteiger partial charge >= 0.3 is 0 Å². The van der Waals surface area contributed by atoms with E-state index in [4.69, 9.17) is 0 Å². The van der Waals surface area contributed by atoms with E-state index in [0.29, 0.717) is 0 Å². The van der Waals surface area contributed by atoms with Crippen molar-refractivity contribution in [3.8, 4) is 0 Å². The van der Waals surface area contributed by atoms with Crippen LogP contribution in [0.25, 0.3) is 0 Å². The summed E-state index contributed by atoms with van der Waals surface area (Å²) in [5, 5.41) is 0. The quantitative estimate of drug-likeness (QED) is 0.555.